The highest BCUT2D eigenvalue weighted by Gasteiger charge is 2.42. The van der Waals surface area contributed by atoms with Gasteiger partial charge in [-0.2, -0.15) is 0 Å². The number of halogens is 1. The van der Waals surface area contributed by atoms with E-state index in [9.17, 15) is 14.3 Å². The fourth-order valence-corrected chi connectivity index (χ4v) is 4.91. The zero-order valence-corrected chi connectivity index (χ0v) is 18.6. The Morgan fingerprint density at radius 2 is 2.03 bits per heavy atom. The highest BCUT2D eigenvalue weighted by Crippen LogP contribution is 2.36. The van der Waals surface area contributed by atoms with Crippen LogP contribution in [0.2, 0.25) is 0 Å². The summed E-state index contributed by atoms with van der Waals surface area (Å²) in [5, 5.41) is 14.3. The first-order valence-corrected chi connectivity index (χ1v) is 11.3. The minimum atomic E-state index is -1.03. The summed E-state index contributed by atoms with van der Waals surface area (Å²) in [4.78, 5) is 26.2. The molecule has 2 saturated heterocycles. The normalized spacial score (nSPS) is 23.7. The third kappa shape index (κ3) is 5.24. The lowest BCUT2D eigenvalue weighted by Crippen LogP contribution is -2.57. The summed E-state index contributed by atoms with van der Waals surface area (Å²) >= 11 is 0. The van der Waals surface area contributed by atoms with Gasteiger partial charge in [-0.25, -0.2) is 9.37 Å². The van der Waals surface area contributed by atoms with Crippen LogP contribution in [0, 0.1) is 11.2 Å². The van der Waals surface area contributed by atoms with Crippen LogP contribution < -0.4 is 10.2 Å². The molecule has 32 heavy (non-hydrogen) atoms. The van der Waals surface area contributed by atoms with Gasteiger partial charge in [0.25, 0.3) is 0 Å². The topological polar surface area (TPSA) is 81.6 Å². The number of β-amino-alcohol motifs (C(OH)–C–C–N with tert-alkyl or cyclic N) is 1. The van der Waals surface area contributed by atoms with E-state index in [1.165, 1.54) is 12.1 Å². The van der Waals surface area contributed by atoms with E-state index in [2.05, 4.69) is 27.2 Å². The highest BCUT2D eigenvalue weighted by atomic mass is 19.1. The maximum atomic E-state index is 13.8. The average Bonchev–Trinajstić information content (AvgIpc) is 2.80. The number of nitrogens with one attached hydrogen (secondary N) is 1. The predicted molar refractivity (Wildman–Crippen MR) is 121 cm³/mol. The lowest BCUT2D eigenvalue weighted by molar-refractivity contribution is -0.135. The third-order valence-corrected chi connectivity index (χ3v) is 6.86. The summed E-state index contributed by atoms with van der Waals surface area (Å²) in [7, 11) is 2.05. The van der Waals surface area contributed by atoms with Crippen LogP contribution in [-0.2, 0) is 11.2 Å². The van der Waals surface area contributed by atoms with Crippen molar-refractivity contribution in [3.05, 3.63) is 54.2 Å². The molecule has 1 unspecified atom stereocenters. The van der Waals surface area contributed by atoms with Gasteiger partial charge in [0.05, 0.1) is 17.2 Å². The Morgan fingerprint density at radius 3 is 2.75 bits per heavy atom. The van der Waals surface area contributed by atoms with Gasteiger partial charge in [-0.15, -0.1) is 0 Å². The summed E-state index contributed by atoms with van der Waals surface area (Å²) in [5.74, 6) is 0.390. The van der Waals surface area contributed by atoms with Crippen LogP contribution in [0.1, 0.15) is 31.2 Å². The number of carbonyl (C=O) groups is 1. The Balaban J connectivity index is 1.44. The first kappa shape index (κ1) is 22.6. The van der Waals surface area contributed by atoms with Crippen molar-refractivity contribution in [2.75, 3.05) is 44.7 Å². The number of benzene rings is 1. The molecule has 2 N–H and O–H groups in total. The van der Waals surface area contributed by atoms with Crippen molar-refractivity contribution in [1.82, 2.24) is 20.2 Å². The molecule has 0 radical (unpaired) electrons. The molecule has 0 aliphatic carbocycles. The summed E-state index contributed by atoms with van der Waals surface area (Å²) in [5.41, 5.74) is -0.803. The van der Waals surface area contributed by atoms with Gasteiger partial charge >= 0.3 is 0 Å². The summed E-state index contributed by atoms with van der Waals surface area (Å²) in [6.45, 7) is 3.00. The van der Waals surface area contributed by atoms with Gasteiger partial charge in [-0.1, -0.05) is 12.1 Å². The van der Waals surface area contributed by atoms with Gasteiger partial charge < -0.3 is 20.2 Å². The Morgan fingerprint density at radius 1 is 1.22 bits per heavy atom. The number of aliphatic hydroxyl groups is 1. The third-order valence-electron chi connectivity index (χ3n) is 6.86. The van der Waals surface area contributed by atoms with Crippen LogP contribution in [-0.4, -0.2) is 71.3 Å². The molecule has 0 spiro atoms. The molecule has 8 heteroatoms. The molecule has 1 aromatic carbocycles. The van der Waals surface area contributed by atoms with E-state index in [1.807, 2.05) is 11.0 Å². The summed E-state index contributed by atoms with van der Waals surface area (Å²) in [6.07, 6.45) is 8.28. The number of piperidine rings is 2. The molecular weight excluding hydrogens is 409 g/mol. The second-order valence-electron chi connectivity index (χ2n) is 9.39. The van der Waals surface area contributed by atoms with E-state index in [1.54, 1.807) is 24.7 Å². The van der Waals surface area contributed by atoms with Crippen LogP contribution >= 0.6 is 0 Å². The van der Waals surface area contributed by atoms with E-state index in [0.29, 0.717) is 32.2 Å². The SMILES string of the molecule is CN1CCC(Cc2cccc(F)c2)(C(=O)NCC2(O)CCCN(c3cnccn3)C2)CC1. The molecule has 2 aromatic rings. The Kier molecular flexibility index (Phi) is 6.71. The van der Waals surface area contributed by atoms with E-state index >= 15 is 0 Å². The van der Waals surface area contributed by atoms with Gasteiger partial charge in [0.1, 0.15) is 11.6 Å². The second-order valence-corrected chi connectivity index (χ2v) is 9.39. The van der Waals surface area contributed by atoms with Crippen LogP contribution in [0.5, 0.6) is 0 Å². The zero-order chi connectivity index (χ0) is 22.6. The summed E-state index contributed by atoms with van der Waals surface area (Å²) in [6, 6.07) is 6.51. The predicted octanol–water partition coefficient (Wildman–Crippen LogP) is 2.02. The molecule has 3 heterocycles. The molecule has 1 amide bonds. The average molecular weight is 442 g/mol. The number of likely N-dealkylation sites (tertiary alicyclic amines) is 1. The fourth-order valence-electron chi connectivity index (χ4n) is 4.91. The molecule has 4 rings (SSSR count). The van der Waals surface area contributed by atoms with Crippen molar-refractivity contribution in [2.45, 2.75) is 37.7 Å². The van der Waals surface area contributed by atoms with E-state index in [4.69, 9.17) is 0 Å². The van der Waals surface area contributed by atoms with Crippen LogP contribution in [0.15, 0.2) is 42.9 Å². The van der Waals surface area contributed by atoms with Crippen molar-refractivity contribution in [3.63, 3.8) is 0 Å². The molecule has 0 saturated carbocycles. The van der Waals surface area contributed by atoms with Gasteiger partial charge in [-0.05, 0) is 69.9 Å². The Bertz CT molecular complexity index is 920. The lowest BCUT2D eigenvalue weighted by Gasteiger charge is -2.42. The smallest absolute Gasteiger partial charge is 0.226 e. The number of rotatable bonds is 6. The Labute approximate surface area is 188 Å². The van der Waals surface area contributed by atoms with E-state index < -0.39 is 11.0 Å². The second kappa shape index (κ2) is 9.50. The van der Waals surface area contributed by atoms with Crippen molar-refractivity contribution in [3.8, 4) is 0 Å². The Hall–Kier alpha value is -2.58. The maximum absolute atomic E-state index is 13.8. The number of aromatic nitrogens is 2. The fraction of sp³-hybridized carbons (Fsp3) is 0.542. The molecule has 0 bridgehead atoms. The van der Waals surface area contributed by atoms with Gasteiger partial charge in [-0.3, -0.25) is 9.78 Å². The molecule has 1 aromatic heterocycles. The summed E-state index contributed by atoms with van der Waals surface area (Å²) < 4.78 is 13.8. The molecule has 7 nitrogen and oxygen atoms in total. The van der Waals surface area contributed by atoms with Crippen molar-refractivity contribution >= 4 is 11.7 Å². The van der Waals surface area contributed by atoms with E-state index in [0.717, 1.165) is 37.4 Å². The maximum Gasteiger partial charge on any atom is 0.226 e. The largest absolute Gasteiger partial charge is 0.386 e. The number of carbonyl (C=O) groups excluding carboxylic acids is 1. The number of nitrogens with zero attached hydrogens (tertiary/aromatic N) is 4. The standard InChI is InChI=1S/C24H32FN5O2/c1-29-12-7-23(8-13-29,15-19-4-2-5-20(25)14-19)22(31)28-17-24(32)6-3-11-30(18-24)21-16-26-9-10-27-21/h2,4-5,9-10,14,16,32H,3,6-8,11-13,15,17-18H2,1H3,(H,28,31). The number of anilines is 1. The number of hydrogen-bond donors (Lipinski definition) is 2. The number of amides is 1. The van der Waals surface area contributed by atoms with E-state index in [-0.39, 0.29) is 18.3 Å². The first-order valence-electron chi connectivity index (χ1n) is 11.3. The van der Waals surface area contributed by atoms with Crippen LogP contribution in [0.4, 0.5) is 10.2 Å². The van der Waals surface area contributed by atoms with Gasteiger partial charge in [0.2, 0.25) is 5.91 Å². The lowest BCUT2D eigenvalue weighted by atomic mass is 9.73. The van der Waals surface area contributed by atoms with Crippen LogP contribution in [0.3, 0.4) is 0 Å². The first-order chi connectivity index (χ1) is 15.4. The van der Waals surface area contributed by atoms with Gasteiger partial charge in [0, 0.05) is 32.0 Å². The minimum Gasteiger partial charge on any atom is -0.386 e. The minimum absolute atomic E-state index is 0.0556. The molecule has 1 atom stereocenters. The zero-order valence-electron chi connectivity index (χ0n) is 18.6. The monoisotopic (exact) mass is 441 g/mol. The molecule has 2 aliphatic rings. The quantitative estimate of drug-likeness (QED) is 0.714. The van der Waals surface area contributed by atoms with Crippen LogP contribution in [0.25, 0.3) is 0 Å². The number of hydrogen-bond acceptors (Lipinski definition) is 6. The highest BCUT2D eigenvalue weighted by molar-refractivity contribution is 5.83. The van der Waals surface area contributed by atoms with Crippen molar-refractivity contribution < 1.29 is 14.3 Å². The van der Waals surface area contributed by atoms with Crippen molar-refractivity contribution in [1.29, 1.82) is 0 Å². The molecule has 172 valence electrons. The van der Waals surface area contributed by atoms with Gasteiger partial charge in [0.15, 0.2) is 0 Å². The molecule has 2 aliphatic heterocycles. The van der Waals surface area contributed by atoms with Crippen molar-refractivity contribution in [2.24, 2.45) is 5.41 Å². The molecular formula is C24H32FN5O2. The molecule has 2 fully saturated rings.